The van der Waals surface area contributed by atoms with Crippen molar-refractivity contribution in [2.75, 3.05) is 18.9 Å². The molecule has 0 saturated heterocycles. The van der Waals surface area contributed by atoms with Crippen molar-refractivity contribution in [3.63, 3.8) is 0 Å². The van der Waals surface area contributed by atoms with E-state index in [2.05, 4.69) is 50.6 Å². The summed E-state index contributed by atoms with van der Waals surface area (Å²) >= 11 is 0. The Kier molecular flexibility index (Phi) is 3.42. The maximum absolute atomic E-state index is 4.42. The van der Waals surface area contributed by atoms with E-state index in [4.69, 9.17) is 0 Å². The van der Waals surface area contributed by atoms with Crippen molar-refractivity contribution in [2.45, 2.75) is 26.4 Å². The van der Waals surface area contributed by atoms with E-state index in [0.717, 1.165) is 42.5 Å². The molecule has 1 aliphatic heterocycles. The van der Waals surface area contributed by atoms with Crippen molar-refractivity contribution in [2.24, 2.45) is 0 Å². The van der Waals surface area contributed by atoms with Crippen LogP contribution in [0.25, 0.3) is 5.65 Å². The zero-order valence-electron chi connectivity index (χ0n) is 13.3. The third kappa shape index (κ3) is 2.63. The quantitative estimate of drug-likeness (QED) is 0.789. The minimum Gasteiger partial charge on any atom is -0.362 e. The van der Waals surface area contributed by atoms with E-state index in [1.165, 1.54) is 11.1 Å². The molecule has 0 radical (unpaired) electrons. The van der Waals surface area contributed by atoms with E-state index >= 15 is 0 Å². The predicted molar refractivity (Wildman–Crippen MR) is 87.1 cm³/mol. The van der Waals surface area contributed by atoms with Crippen molar-refractivity contribution in [3.05, 3.63) is 47.3 Å². The Morgan fingerprint density at radius 3 is 3.04 bits per heavy atom. The Labute approximate surface area is 134 Å². The molecule has 0 spiro atoms. The number of hydrogen-bond acceptors (Lipinski definition) is 6. The van der Waals surface area contributed by atoms with Crippen molar-refractivity contribution in [1.82, 2.24) is 29.5 Å². The minimum absolute atomic E-state index is 0.581. The van der Waals surface area contributed by atoms with Gasteiger partial charge in [-0.2, -0.15) is 0 Å². The van der Waals surface area contributed by atoms with E-state index in [9.17, 15) is 0 Å². The molecule has 4 rings (SSSR count). The summed E-state index contributed by atoms with van der Waals surface area (Å²) in [5.41, 5.74) is 4.37. The molecule has 3 aromatic heterocycles. The van der Waals surface area contributed by atoms with Gasteiger partial charge < -0.3 is 10.2 Å². The van der Waals surface area contributed by atoms with Crippen LogP contribution in [0.2, 0.25) is 0 Å². The van der Waals surface area contributed by atoms with Crippen molar-refractivity contribution in [3.8, 4) is 0 Å². The average Bonchev–Trinajstić information content (AvgIpc) is 2.95. The zero-order valence-corrected chi connectivity index (χ0v) is 13.3. The fourth-order valence-corrected chi connectivity index (χ4v) is 2.96. The molecule has 118 valence electrons. The van der Waals surface area contributed by atoms with Crippen LogP contribution in [-0.2, 0) is 19.5 Å². The second-order valence-corrected chi connectivity index (χ2v) is 6.04. The van der Waals surface area contributed by atoms with Crippen LogP contribution < -0.4 is 5.32 Å². The van der Waals surface area contributed by atoms with Gasteiger partial charge in [-0.3, -0.25) is 4.40 Å². The van der Waals surface area contributed by atoms with Crippen LogP contribution >= 0.6 is 0 Å². The van der Waals surface area contributed by atoms with Gasteiger partial charge in [0.05, 0.1) is 12.2 Å². The van der Waals surface area contributed by atoms with Crippen LogP contribution in [0.15, 0.2) is 24.7 Å². The number of hydrogen-bond donors (Lipinski definition) is 1. The Balaban J connectivity index is 1.60. The lowest BCUT2D eigenvalue weighted by Gasteiger charge is -2.25. The predicted octanol–water partition coefficient (Wildman–Crippen LogP) is 1.43. The first-order chi connectivity index (χ1) is 11.2. The van der Waals surface area contributed by atoms with Gasteiger partial charge in [0.1, 0.15) is 12.1 Å². The van der Waals surface area contributed by atoms with Crippen molar-refractivity contribution in [1.29, 1.82) is 0 Å². The van der Waals surface area contributed by atoms with Crippen molar-refractivity contribution >= 4 is 11.5 Å². The number of nitrogens with zero attached hydrogens (tertiary/aromatic N) is 6. The highest BCUT2D eigenvalue weighted by Gasteiger charge is 2.18. The average molecular weight is 309 g/mol. The Bertz CT molecular complexity index is 855. The molecule has 0 unspecified atom stereocenters. The second kappa shape index (κ2) is 5.58. The number of aromatic nitrogens is 5. The van der Waals surface area contributed by atoms with Gasteiger partial charge in [-0.25, -0.2) is 9.97 Å². The van der Waals surface area contributed by atoms with Gasteiger partial charge in [-0.05, 0) is 25.6 Å². The standard InChI is InChI=1S/C16H19N7/c1-11-3-4-14-20-21-15(23(14)8-11)7-17-16-12-9-22(2)6-5-13(12)18-10-19-16/h3-4,8,10H,5-7,9H2,1-2H3,(H,17,18,19). The summed E-state index contributed by atoms with van der Waals surface area (Å²) in [6.07, 6.45) is 4.66. The smallest absolute Gasteiger partial charge is 0.160 e. The summed E-state index contributed by atoms with van der Waals surface area (Å²) in [7, 11) is 2.12. The maximum Gasteiger partial charge on any atom is 0.160 e. The lowest BCUT2D eigenvalue weighted by molar-refractivity contribution is 0.310. The fourth-order valence-electron chi connectivity index (χ4n) is 2.96. The van der Waals surface area contributed by atoms with E-state index in [0.29, 0.717) is 6.54 Å². The minimum atomic E-state index is 0.581. The summed E-state index contributed by atoms with van der Waals surface area (Å²) in [5.74, 6) is 1.77. The van der Waals surface area contributed by atoms with Gasteiger partial charge in [0, 0.05) is 31.3 Å². The van der Waals surface area contributed by atoms with Crippen LogP contribution in [0.4, 0.5) is 5.82 Å². The molecule has 7 nitrogen and oxygen atoms in total. The van der Waals surface area contributed by atoms with E-state index in [1.54, 1.807) is 6.33 Å². The molecule has 0 atom stereocenters. The lowest BCUT2D eigenvalue weighted by atomic mass is 10.1. The Morgan fingerprint density at radius 2 is 2.13 bits per heavy atom. The maximum atomic E-state index is 4.42. The molecule has 0 amide bonds. The topological polar surface area (TPSA) is 71.2 Å². The van der Waals surface area contributed by atoms with E-state index in [-0.39, 0.29) is 0 Å². The first-order valence-electron chi connectivity index (χ1n) is 7.76. The molecular formula is C16H19N7. The normalized spacial score (nSPS) is 14.9. The molecule has 1 N–H and O–H groups in total. The van der Waals surface area contributed by atoms with E-state index < -0.39 is 0 Å². The van der Waals surface area contributed by atoms with Gasteiger partial charge >= 0.3 is 0 Å². The highest BCUT2D eigenvalue weighted by molar-refractivity contribution is 5.47. The van der Waals surface area contributed by atoms with Crippen molar-refractivity contribution < 1.29 is 0 Å². The number of rotatable bonds is 3. The highest BCUT2D eigenvalue weighted by Crippen LogP contribution is 2.22. The van der Waals surface area contributed by atoms with Gasteiger partial charge in [0.25, 0.3) is 0 Å². The van der Waals surface area contributed by atoms with Crippen LogP contribution in [0.5, 0.6) is 0 Å². The van der Waals surface area contributed by atoms with Gasteiger partial charge in [-0.1, -0.05) is 6.07 Å². The summed E-state index contributed by atoms with van der Waals surface area (Å²) in [6.45, 7) is 4.56. The van der Waals surface area contributed by atoms with Crippen LogP contribution in [0.1, 0.15) is 22.6 Å². The van der Waals surface area contributed by atoms with E-state index in [1.807, 2.05) is 16.5 Å². The molecule has 0 bridgehead atoms. The number of pyridine rings is 1. The molecule has 1 aliphatic rings. The van der Waals surface area contributed by atoms with Gasteiger partial charge in [0.15, 0.2) is 11.5 Å². The highest BCUT2D eigenvalue weighted by atomic mass is 15.3. The zero-order chi connectivity index (χ0) is 15.8. The first kappa shape index (κ1) is 14.1. The molecule has 0 saturated carbocycles. The third-order valence-corrected chi connectivity index (χ3v) is 4.23. The Morgan fingerprint density at radius 1 is 1.22 bits per heavy atom. The SMILES string of the molecule is Cc1ccc2nnc(CNc3ncnc4c3CN(C)CC4)n2c1. The third-order valence-electron chi connectivity index (χ3n) is 4.23. The molecule has 23 heavy (non-hydrogen) atoms. The van der Waals surface area contributed by atoms with Crippen LogP contribution in [0, 0.1) is 6.92 Å². The molecule has 0 aromatic carbocycles. The number of nitrogens with one attached hydrogen (secondary N) is 1. The molecule has 3 aromatic rings. The summed E-state index contributed by atoms with van der Waals surface area (Å²) < 4.78 is 2.02. The van der Waals surface area contributed by atoms with Gasteiger partial charge in [0.2, 0.25) is 0 Å². The van der Waals surface area contributed by atoms with Crippen LogP contribution in [0.3, 0.4) is 0 Å². The summed E-state index contributed by atoms with van der Waals surface area (Å²) in [4.78, 5) is 11.1. The second-order valence-electron chi connectivity index (χ2n) is 6.04. The molecule has 4 heterocycles. The number of likely N-dealkylation sites (N-methyl/N-ethyl adjacent to an activating group) is 1. The van der Waals surface area contributed by atoms with Gasteiger partial charge in [-0.15, -0.1) is 10.2 Å². The summed E-state index contributed by atoms with van der Waals surface area (Å²) in [6, 6.07) is 4.02. The molecule has 0 aliphatic carbocycles. The molecule has 0 fully saturated rings. The monoisotopic (exact) mass is 309 g/mol. The number of anilines is 1. The Hall–Kier alpha value is -2.54. The molecule has 7 heteroatoms. The van der Waals surface area contributed by atoms with Crippen LogP contribution in [-0.4, -0.2) is 43.1 Å². The number of aryl methyl sites for hydroxylation is 1. The molecular weight excluding hydrogens is 290 g/mol. The number of fused-ring (bicyclic) bond motifs is 2. The lowest BCUT2D eigenvalue weighted by Crippen LogP contribution is -2.28. The first-order valence-corrected chi connectivity index (χ1v) is 7.76. The fraction of sp³-hybridized carbons (Fsp3) is 0.375. The largest absolute Gasteiger partial charge is 0.362 e. The summed E-state index contributed by atoms with van der Waals surface area (Å²) in [5, 5.41) is 11.9.